The third kappa shape index (κ3) is 195. The first-order valence-electron chi connectivity index (χ1n) is 3.15. The van der Waals surface area contributed by atoms with Crippen molar-refractivity contribution in [2.24, 2.45) is 0 Å². The third-order valence-corrected chi connectivity index (χ3v) is 0. The highest BCUT2D eigenvalue weighted by atomic mass is 16.6. The molecule has 0 aliphatic heterocycles. The number of hydrogen-bond acceptors (Lipinski definition) is 1. The molecule has 0 aromatic heterocycles. The highest BCUT2D eigenvalue weighted by molar-refractivity contribution is 5.53. The summed E-state index contributed by atoms with van der Waals surface area (Å²) in [7, 11) is 0. The van der Waals surface area contributed by atoms with Crippen molar-refractivity contribution in [3.63, 3.8) is 0 Å². The Morgan fingerprint density at radius 3 is 0.571 bits per heavy atom. The van der Waals surface area contributed by atoms with Crippen molar-refractivity contribution in [3.8, 4) is 0 Å². The predicted molar refractivity (Wildman–Crippen MR) is 66.9 cm³/mol. The highest BCUT2D eigenvalue weighted by Gasteiger charge is 1.70. The smallest absolute Gasteiger partial charge is 0.450 e. The van der Waals surface area contributed by atoms with Crippen LogP contribution in [-0.4, -0.2) is 16.4 Å². The Morgan fingerprint density at radius 1 is 0.571 bits per heavy atom. The van der Waals surface area contributed by atoms with Crippen LogP contribution in [0.5, 0.6) is 0 Å². The van der Waals surface area contributed by atoms with E-state index in [-0.39, 0.29) is 0 Å². The summed E-state index contributed by atoms with van der Waals surface area (Å²) in [6.07, 6.45) is -1.83. The first-order chi connectivity index (χ1) is 6.73. The van der Waals surface area contributed by atoms with Gasteiger partial charge < -0.3 is 10.2 Å². The van der Waals surface area contributed by atoms with Crippen LogP contribution in [0.15, 0.2) is 65.8 Å². The zero-order valence-corrected chi connectivity index (χ0v) is 8.87. The number of carbonyl (C=O) groups is 1. The summed E-state index contributed by atoms with van der Waals surface area (Å²) in [4.78, 5) is 8.56. The van der Waals surface area contributed by atoms with E-state index in [1.807, 2.05) is 0 Å². The molecule has 0 aliphatic carbocycles. The average Bonchev–Trinajstić information content (AvgIpc) is 2.30. The lowest BCUT2D eigenvalue weighted by atomic mass is 11.3. The standard InChI is InChI=1S/5C2H4.CH2O3/c5*1-2;2-1(3)4/h5*1-2H2;(H2,2,3,4). The second-order valence-corrected chi connectivity index (χ2v) is 0.283. The molecule has 0 bridgehead atoms. The Balaban J connectivity index is -0.0000000143. The monoisotopic (exact) mass is 202 g/mol. The summed E-state index contributed by atoms with van der Waals surface area (Å²) >= 11 is 0. The molecule has 0 heterocycles. The van der Waals surface area contributed by atoms with E-state index < -0.39 is 6.16 Å². The molecule has 0 radical (unpaired) electrons. The van der Waals surface area contributed by atoms with Gasteiger partial charge in [0, 0.05) is 0 Å². The van der Waals surface area contributed by atoms with Crippen LogP contribution in [0.1, 0.15) is 0 Å². The molecule has 2 N–H and O–H groups in total. The molecule has 0 saturated heterocycles. The van der Waals surface area contributed by atoms with Gasteiger partial charge in [-0.25, -0.2) is 4.79 Å². The van der Waals surface area contributed by atoms with Crippen molar-refractivity contribution < 1.29 is 15.0 Å². The Kier molecular flexibility index (Phi) is 3350. The van der Waals surface area contributed by atoms with Crippen LogP contribution >= 0.6 is 0 Å². The minimum Gasteiger partial charge on any atom is -0.450 e. The summed E-state index contributed by atoms with van der Waals surface area (Å²) in [5, 5.41) is 13.9. The van der Waals surface area contributed by atoms with Crippen LogP contribution in [0, 0.1) is 0 Å². The van der Waals surface area contributed by atoms with Crippen molar-refractivity contribution >= 4 is 6.16 Å². The largest absolute Gasteiger partial charge is 0.503 e. The van der Waals surface area contributed by atoms with Crippen LogP contribution in [-0.2, 0) is 0 Å². The molecule has 0 aromatic rings. The molecule has 0 unspecified atom stereocenters. The van der Waals surface area contributed by atoms with E-state index in [4.69, 9.17) is 15.0 Å². The molecule has 0 rings (SSSR count). The molecule has 0 atom stereocenters. The Labute approximate surface area is 87.7 Å². The van der Waals surface area contributed by atoms with E-state index in [0.29, 0.717) is 0 Å². The fourth-order valence-corrected chi connectivity index (χ4v) is 0. The van der Waals surface area contributed by atoms with Gasteiger partial charge in [-0.3, -0.25) is 0 Å². The topological polar surface area (TPSA) is 57.5 Å². The van der Waals surface area contributed by atoms with E-state index in [0.717, 1.165) is 0 Å². The Morgan fingerprint density at radius 2 is 0.571 bits per heavy atom. The number of carboxylic acid groups (broad SMARTS) is 2. The second kappa shape index (κ2) is 1160. The van der Waals surface area contributed by atoms with Crippen molar-refractivity contribution in [2.45, 2.75) is 0 Å². The van der Waals surface area contributed by atoms with Gasteiger partial charge in [0.1, 0.15) is 0 Å². The zero-order valence-electron chi connectivity index (χ0n) is 8.87. The molecule has 0 amide bonds. The third-order valence-electron chi connectivity index (χ3n) is 0. The maximum absolute atomic E-state index is 8.56. The summed E-state index contributed by atoms with van der Waals surface area (Å²) in [6.45, 7) is 30.0. The quantitative estimate of drug-likeness (QED) is 0.578. The molecule has 3 heteroatoms. The predicted octanol–water partition coefficient (Wildman–Crippen LogP) is 4.23. The van der Waals surface area contributed by atoms with E-state index in [9.17, 15) is 0 Å². The van der Waals surface area contributed by atoms with Crippen molar-refractivity contribution in [3.05, 3.63) is 65.8 Å². The number of hydrogen-bond donors (Lipinski definition) is 2. The van der Waals surface area contributed by atoms with Gasteiger partial charge in [-0.2, -0.15) is 0 Å². The van der Waals surface area contributed by atoms with Gasteiger partial charge in [-0.15, -0.1) is 65.8 Å². The first-order valence-corrected chi connectivity index (χ1v) is 3.15. The molecule has 0 spiro atoms. The van der Waals surface area contributed by atoms with E-state index in [2.05, 4.69) is 65.8 Å². The maximum Gasteiger partial charge on any atom is 0.503 e. The van der Waals surface area contributed by atoms with Crippen LogP contribution in [0.25, 0.3) is 0 Å². The van der Waals surface area contributed by atoms with Crippen LogP contribution in [0.4, 0.5) is 4.79 Å². The summed E-state index contributed by atoms with van der Waals surface area (Å²) in [6, 6.07) is 0. The second-order valence-electron chi connectivity index (χ2n) is 0.283. The molecule has 14 heavy (non-hydrogen) atoms. The lowest BCUT2D eigenvalue weighted by molar-refractivity contribution is 0.137. The Hall–Kier alpha value is -2.03. The van der Waals surface area contributed by atoms with Crippen molar-refractivity contribution in [2.75, 3.05) is 0 Å². The first kappa shape index (κ1) is 40.4. The molecule has 3 nitrogen and oxygen atoms in total. The van der Waals surface area contributed by atoms with Crippen LogP contribution < -0.4 is 0 Å². The summed E-state index contributed by atoms with van der Waals surface area (Å²) in [5.74, 6) is 0. The lowest BCUT2D eigenvalue weighted by Gasteiger charge is -1.60. The fraction of sp³-hybridized carbons (Fsp3) is 0. The van der Waals surface area contributed by atoms with Gasteiger partial charge in [0.25, 0.3) is 0 Å². The molecule has 0 saturated carbocycles. The molecule has 84 valence electrons. The lowest BCUT2D eigenvalue weighted by Crippen LogP contribution is -1.81. The SMILES string of the molecule is C=C.C=C.C=C.C=C.C=C.O=C(O)O. The van der Waals surface area contributed by atoms with Gasteiger partial charge in [-0.05, 0) is 0 Å². The average molecular weight is 202 g/mol. The van der Waals surface area contributed by atoms with E-state index >= 15 is 0 Å². The van der Waals surface area contributed by atoms with E-state index in [1.54, 1.807) is 0 Å². The molecule has 0 fully saturated rings. The zero-order chi connectivity index (χ0) is 13.6. The molecule has 0 aliphatic rings. The van der Waals surface area contributed by atoms with Crippen LogP contribution in [0.3, 0.4) is 0 Å². The minimum atomic E-state index is -1.83. The number of rotatable bonds is 0. The summed E-state index contributed by atoms with van der Waals surface area (Å²) < 4.78 is 0. The van der Waals surface area contributed by atoms with Gasteiger partial charge in [0.2, 0.25) is 0 Å². The molecular weight excluding hydrogens is 180 g/mol. The summed E-state index contributed by atoms with van der Waals surface area (Å²) in [5.41, 5.74) is 0. The minimum absolute atomic E-state index is 1.83. The van der Waals surface area contributed by atoms with Gasteiger partial charge in [0.05, 0.1) is 0 Å². The highest BCUT2D eigenvalue weighted by Crippen LogP contribution is 1.42. The molecular formula is C11H22O3. The van der Waals surface area contributed by atoms with Gasteiger partial charge in [0.15, 0.2) is 0 Å². The normalized spacial score (nSPS) is 3.14. The molecule has 0 aromatic carbocycles. The van der Waals surface area contributed by atoms with Gasteiger partial charge in [-0.1, -0.05) is 0 Å². The van der Waals surface area contributed by atoms with Gasteiger partial charge >= 0.3 is 6.16 Å². The Bertz CT molecular complexity index is 67.0. The maximum atomic E-state index is 8.56. The van der Waals surface area contributed by atoms with Crippen LogP contribution in [0.2, 0.25) is 0 Å². The fourth-order valence-electron chi connectivity index (χ4n) is 0. The van der Waals surface area contributed by atoms with E-state index in [1.165, 1.54) is 0 Å². The van der Waals surface area contributed by atoms with Crippen molar-refractivity contribution in [1.82, 2.24) is 0 Å². The van der Waals surface area contributed by atoms with Crippen molar-refractivity contribution in [1.29, 1.82) is 0 Å².